The maximum Gasteiger partial charge on any atom is 0.220 e. The fourth-order valence-electron chi connectivity index (χ4n) is 6.17. The van der Waals surface area contributed by atoms with Crippen molar-refractivity contribution in [2.75, 3.05) is 6.61 Å². The van der Waals surface area contributed by atoms with Crippen LogP contribution in [0.2, 0.25) is 0 Å². The molecule has 3 N–H and O–H groups in total. The van der Waals surface area contributed by atoms with Gasteiger partial charge in [0.1, 0.15) is 0 Å². The van der Waals surface area contributed by atoms with Crippen molar-refractivity contribution in [2.45, 2.75) is 219 Å². The van der Waals surface area contributed by atoms with Crippen LogP contribution >= 0.6 is 0 Å². The van der Waals surface area contributed by atoms with E-state index in [1.165, 1.54) is 128 Å². The second-order valence-corrected chi connectivity index (χ2v) is 14.4. The summed E-state index contributed by atoms with van der Waals surface area (Å²) in [7, 11) is 0. The van der Waals surface area contributed by atoms with Crippen molar-refractivity contribution in [3.8, 4) is 0 Å². The molecule has 0 aliphatic rings. The molecule has 0 saturated carbocycles. The number of aliphatic hydroxyl groups is 2. The number of aliphatic hydroxyl groups excluding tert-OH is 2. The van der Waals surface area contributed by atoms with Gasteiger partial charge in [-0.2, -0.15) is 0 Å². The lowest BCUT2D eigenvalue weighted by Gasteiger charge is -2.22. The summed E-state index contributed by atoms with van der Waals surface area (Å²) in [6.45, 7) is 4.31. The summed E-state index contributed by atoms with van der Waals surface area (Å²) in [6, 6.07) is -0.584. The van der Waals surface area contributed by atoms with Crippen LogP contribution < -0.4 is 5.32 Å². The lowest BCUT2D eigenvalue weighted by molar-refractivity contribution is -0.123. The van der Waals surface area contributed by atoms with Gasteiger partial charge in [0.15, 0.2) is 0 Å². The minimum atomic E-state index is -0.707. The quantitative estimate of drug-likeness (QED) is 0.0444. The predicted molar refractivity (Wildman–Crippen MR) is 221 cm³/mol. The Bertz CT molecular complexity index is 842. The zero-order valence-electron chi connectivity index (χ0n) is 33.2. The molecule has 50 heavy (non-hydrogen) atoms. The molecule has 0 aromatic carbocycles. The predicted octanol–water partition coefficient (Wildman–Crippen LogP) is 13.3. The highest BCUT2D eigenvalue weighted by Gasteiger charge is 2.19. The van der Waals surface area contributed by atoms with Gasteiger partial charge < -0.3 is 15.5 Å². The van der Waals surface area contributed by atoms with Crippen molar-refractivity contribution in [1.82, 2.24) is 5.32 Å². The summed E-state index contributed by atoms with van der Waals surface area (Å²) in [5.74, 6) is -0.0961. The van der Waals surface area contributed by atoms with Gasteiger partial charge in [-0.1, -0.05) is 184 Å². The highest BCUT2D eigenvalue weighted by molar-refractivity contribution is 5.76. The molecule has 0 aromatic rings. The van der Waals surface area contributed by atoms with Gasteiger partial charge in [-0.15, -0.1) is 0 Å². The van der Waals surface area contributed by atoms with Crippen LogP contribution in [0.15, 0.2) is 60.8 Å². The van der Waals surface area contributed by atoms with E-state index >= 15 is 0 Å². The third kappa shape index (κ3) is 37.3. The van der Waals surface area contributed by atoms with Crippen molar-refractivity contribution in [3.05, 3.63) is 60.8 Å². The molecule has 0 rings (SSSR count). The van der Waals surface area contributed by atoms with Gasteiger partial charge in [-0.05, 0) is 77.0 Å². The number of unbranched alkanes of at least 4 members (excludes halogenated alkanes) is 21. The molecule has 0 heterocycles. The molecule has 1 amide bonds. The normalized spacial score (nSPS) is 13.6. The van der Waals surface area contributed by atoms with Gasteiger partial charge in [0, 0.05) is 6.42 Å². The summed E-state index contributed by atoms with van der Waals surface area (Å²) in [6.07, 6.45) is 57.3. The second-order valence-electron chi connectivity index (χ2n) is 14.4. The van der Waals surface area contributed by atoms with E-state index in [0.717, 1.165) is 51.4 Å². The first kappa shape index (κ1) is 48.1. The van der Waals surface area contributed by atoms with Crippen LogP contribution in [0.4, 0.5) is 0 Å². The van der Waals surface area contributed by atoms with Crippen LogP contribution in [0.3, 0.4) is 0 Å². The molecule has 2 atom stereocenters. The number of rotatable bonds is 38. The van der Waals surface area contributed by atoms with Gasteiger partial charge >= 0.3 is 0 Å². The van der Waals surface area contributed by atoms with Crippen molar-refractivity contribution >= 4 is 5.91 Å². The van der Waals surface area contributed by atoms with E-state index in [1.807, 2.05) is 0 Å². The molecule has 4 nitrogen and oxygen atoms in total. The molecule has 0 aromatic heterocycles. The third-order valence-electron chi connectivity index (χ3n) is 9.50. The minimum absolute atomic E-state index is 0.0961. The number of allylic oxidation sites excluding steroid dienone is 10. The zero-order chi connectivity index (χ0) is 36.4. The second kappa shape index (κ2) is 41.5. The van der Waals surface area contributed by atoms with E-state index in [-0.39, 0.29) is 12.5 Å². The van der Waals surface area contributed by atoms with Crippen molar-refractivity contribution < 1.29 is 15.0 Å². The molecule has 0 aliphatic carbocycles. The first-order valence-electron chi connectivity index (χ1n) is 21.5. The number of hydrogen-bond donors (Lipinski definition) is 3. The van der Waals surface area contributed by atoms with Crippen LogP contribution in [0.5, 0.6) is 0 Å². The van der Waals surface area contributed by atoms with E-state index in [4.69, 9.17) is 0 Å². The van der Waals surface area contributed by atoms with Crippen LogP contribution in [0.1, 0.15) is 206 Å². The van der Waals surface area contributed by atoms with Crippen molar-refractivity contribution in [1.29, 1.82) is 0 Å². The van der Waals surface area contributed by atoms with Crippen molar-refractivity contribution in [2.24, 2.45) is 0 Å². The van der Waals surface area contributed by atoms with Gasteiger partial charge in [-0.3, -0.25) is 4.79 Å². The lowest BCUT2D eigenvalue weighted by atomic mass is 10.0. The zero-order valence-corrected chi connectivity index (χ0v) is 33.2. The molecule has 0 bridgehead atoms. The molecule has 0 aliphatic heterocycles. The average Bonchev–Trinajstić information content (AvgIpc) is 3.12. The number of carbonyl (C=O) groups is 1. The fourth-order valence-corrected chi connectivity index (χ4v) is 6.17. The van der Waals surface area contributed by atoms with Crippen LogP contribution in [0.25, 0.3) is 0 Å². The Balaban J connectivity index is 3.70. The van der Waals surface area contributed by atoms with E-state index < -0.39 is 12.1 Å². The largest absolute Gasteiger partial charge is 0.394 e. The summed E-state index contributed by atoms with van der Waals surface area (Å²) in [5, 5.41) is 23.1. The molecule has 0 spiro atoms. The molecule has 0 radical (unpaired) electrons. The lowest BCUT2D eigenvalue weighted by Crippen LogP contribution is -2.45. The molecule has 290 valence electrons. The summed E-state index contributed by atoms with van der Waals surface area (Å²) in [4.78, 5) is 12.4. The Morgan fingerprint density at radius 2 is 0.820 bits per heavy atom. The first-order chi connectivity index (χ1) is 24.7. The molecular formula is C46H83NO3. The molecule has 4 heteroatoms. The topological polar surface area (TPSA) is 69.6 Å². The highest BCUT2D eigenvalue weighted by atomic mass is 16.3. The molecule has 0 fully saturated rings. The van der Waals surface area contributed by atoms with Gasteiger partial charge in [-0.25, -0.2) is 0 Å². The SMILES string of the molecule is CCCCCCCCC/C=C/C/C=C/C/C=C/C/C=C/CCCC(=O)N[C@@H](CO)[C@H](O)CCCC/C=C/CCCCCCCCCCCCC. The summed E-state index contributed by atoms with van der Waals surface area (Å²) in [5.41, 5.74) is 0. The van der Waals surface area contributed by atoms with Gasteiger partial charge in [0.05, 0.1) is 18.8 Å². The van der Waals surface area contributed by atoms with Crippen LogP contribution in [-0.4, -0.2) is 34.9 Å². The Morgan fingerprint density at radius 3 is 1.24 bits per heavy atom. The molecular weight excluding hydrogens is 615 g/mol. The van der Waals surface area contributed by atoms with Crippen LogP contribution in [0, 0.1) is 0 Å². The summed E-state index contributed by atoms with van der Waals surface area (Å²) >= 11 is 0. The Hall–Kier alpha value is -1.91. The van der Waals surface area contributed by atoms with E-state index in [9.17, 15) is 15.0 Å². The average molecular weight is 698 g/mol. The Morgan fingerprint density at radius 1 is 0.480 bits per heavy atom. The van der Waals surface area contributed by atoms with E-state index in [2.05, 4.69) is 79.9 Å². The molecule has 0 unspecified atom stereocenters. The number of amides is 1. The Kier molecular flexibility index (Phi) is 39.9. The minimum Gasteiger partial charge on any atom is -0.394 e. The number of hydrogen-bond acceptors (Lipinski definition) is 3. The smallest absolute Gasteiger partial charge is 0.220 e. The maximum atomic E-state index is 12.4. The van der Waals surface area contributed by atoms with Crippen molar-refractivity contribution in [3.63, 3.8) is 0 Å². The standard InChI is InChI=1S/C46H83NO3/c1-3-5-7-9-11-13-15-17-19-21-22-23-24-26-28-30-32-34-36-38-40-42-46(50)47-44(43-48)45(49)41-39-37-35-33-31-29-27-25-20-18-16-14-12-10-8-6-4-2/h19,21,23-24,28,30-31,33-34,36,44-45,48-49H,3-18,20,22,25-27,29,32,35,37-43H2,1-2H3,(H,47,50)/b21-19+,24-23+,30-28+,33-31+,36-34+/t44-,45+/m0/s1. The van der Waals surface area contributed by atoms with Gasteiger partial charge in [0.2, 0.25) is 5.91 Å². The van der Waals surface area contributed by atoms with E-state index in [0.29, 0.717) is 12.8 Å². The number of carbonyl (C=O) groups excluding carboxylic acids is 1. The monoisotopic (exact) mass is 698 g/mol. The van der Waals surface area contributed by atoms with E-state index in [1.54, 1.807) is 0 Å². The third-order valence-corrected chi connectivity index (χ3v) is 9.50. The highest BCUT2D eigenvalue weighted by Crippen LogP contribution is 2.13. The Labute approximate surface area is 311 Å². The van der Waals surface area contributed by atoms with Crippen LogP contribution in [-0.2, 0) is 4.79 Å². The van der Waals surface area contributed by atoms with Gasteiger partial charge in [0.25, 0.3) is 0 Å². The maximum absolute atomic E-state index is 12.4. The number of nitrogens with one attached hydrogen (secondary N) is 1. The molecule has 0 saturated heterocycles. The summed E-state index contributed by atoms with van der Waals surface area (Å²) < 4.78 is 0. The first-order valence-corrected chi connectivity index (χ1v) is 21.5. The fraction of sp³-hybridized carbons (Fsp3) is 0.761.